The van der Waals surface area contributed by atoms with E-state index in [0.717, 1.165) is 38.2 Å². The molecule has 1 fully saturated rings. The zero-order valence-electron chi connectivity index (χ0n) is 11.3. The third-order valence-corrected chi connectivity index (χ3v) is 3.41. The van der Waals surface area contributed by atoms with E-state index in [4.69, 9.17) is 10.00 Å². The first-order valence-electron chi connectivity index (χ1n) is 6.73. The van der Waals surface area contributed by atoms with Crippen molar-refractivity contribution in [2.75, 3.05) is 26.2 Å². The number of nitrogens with zero attached hydrogens (tertiary/aromatic N) is 2. The van der Waals surface area contributed by atoms with E-state index in [1.54, 1.807) is 12.1 Å². The Morgan fingerprint density at radius 2 is 2.05 bits per heavy atom. The molecule has 1 N–H and O–H groups in total. The van der Waals surface area contributed by atoms with Crippen LogP contribution in [0.3, 0.4) is 0 Å². The molecule has 1 aromatic rings. The highest BCUT2D eigenvalue weighted by Crippen LogP contribution is 2.25. The fraction of sp³-hybridized carbons (Fsp3) is 0.533. The first kappa shape index (κ1) is 13.9. The van der Waals surface area contributed by atoms with Crippen molar-refractivity contribution >= 4 is 0 Å². The summed E-state index contributed by atoms with van der Waals surface area (Å²) in [5, 5.41) is 18.7. The Morgan fingerprint density at radius 3 is 2.63 bits per heavy atom. The lowest BCUT2D eigenvalue weighted by Gasteiger charge is -2.46. The van der Waals surface area contributed by atoms with E-state index in [9.17, 15) is 5.11 Å². The number of hydrogen-bond donors (Lipinski definition) is 1. The number of β-amino-alcohol motifs (C(OH)–C–C–N with tert-alkyl or cyclic N) is 1. The first-order chi connectivity index (χ1) is 9.15. The van der Waals surface area contributed by atoms with Gasteiger partial charge in [-0.1, -0.05) is 13.3 Å². The molecule has 102 valence electrons. The average Bonchev–Trinajstić information content (AvgIpc) is 2.38. The SMILES string of the molecule is CCCC1(O)CN(CCOc2ccc(C#N)cc2)C1. The van der Waals surface area contributed by atoms with Crippen LogP contribution in [0.5, 0.6) is 5.75 Å². The van der Waals surface area contributed by atoms with Crippen molar-refractivity contribution in [3.8, 4) is 11.8 Å². The van der Waals surface area contributed by atoms with Gasteiger partial charge in [-0.3, -0.25) is 4.90 Å². The molecule has 1 aromatic carbocycles. The second kappa shape index (κ2) is 6.05. The Labute approximate surface area is 114 Å². The van der Waals surface area contributed by atoms with Crippen LogP contribution >= 0.6 is 0 Å². The van der Waals surface area contributed by atoms with E-state index in [-0.39, 0.29) is 0 Å². The molecule has 0 aliphatic carbocycles. The highest BCUT2D eigenvalue weighted by Gasteiger charge is 2.39. The molecule has 0 aromatic heterocycles. The number of aliphatic hydroxyl groups is 1. The summed E-state index contributed by atoms with van der Waals surface area (Å²) in [6.07, 6.45) is 1.89. The van der Waals surface area contributed by atoms with Crippen LogP contribution in [-0.2, 0) is 0 Å². The van der Waals surface area contributed by atoms with Gasteiger partial charge in [0.2, 0.25) is 0 Å². The van der Waals surface area contributed by atoms with E-state index in [1.165, 1.54) is 0 Å². The molecule has 0 bridgehead atoms. The summed E-state index contributed by atoms with van der Waals surface area (Å²) in [5.74, 6) is 0.781. The molecule has 0 spiro atoms. The number of hydrogen-bond acceptors (Lipinski definition) is 4. The minimum atomic E-state index is -0.469. The van der Waals surface area contributed by atoms with E-state index in [0.29, 0.717) is 12.2 Å². The topological polar surface area (TPSA) is 56.5 Å². The Hall–Kier alpha value is -1.57. The van der Waals surface area contributed by atoms with Gasteiger partial charge in [-0.15, -0.1) is 0 Å². The van der Waals surface area contributed by atoms with E-state index in [1.807, 2.05) is 12.1 Å². The number of ether oxygens (including phenoxy) is 1. The van der Waals surface area contributed by atoms with Gasteiger partial charge in [-0.25, -0.2) is 0 Å². The highest BCUT2D eigenvalue weighted by atomic mass is 16.5. The maximum Gasteiger partial charge on any atom is 0.119 e. The number of rotatable bonds is 6. The molecule has 1 aliphatic heterocycles. The molecule has 19 heavy (non-hydrogen) atoms. The van der Waals surface area contributed by atoms with Crippen molar-refractivity contribution < 1.29 is 9.84 Å². The van der Waals surface area contributed by atoms with Crippen molar-refractivity contribution in [2.45, 2.75) is 25.4 Å². The Kier molecular flexibility index (Phi) is 4.41. The van der Waals surface area contributed by atoms with Gasteiger partial charge in [0.05, 0.1) is 17.2 Å². The van der Waals surface area contributed by atoms with Crippen LogP contribution in [0, 0.1) is 11.3 Å². The standard InChI is InChI=1S/C15H20N2O2/c1-2-7-15(18)11-17(12-15)8-9-19-14-5-3-13(10-16)4-6-14/h3-6,18H,2,7-9,11-12H2,1H3. The van der Waals surface area contributed by atoms with Crippen molar-refractivity contribution in [1.82, 2.24) is 4.90 Å². The minimum Gasteiger partial charge on any atom is -0.492 e. The molecule has 0 atom stereocenters. The van der Waals surface area contributed by atoms with Gasteiger partial charge >= 0.3 is 0 Å². The summed E-state index contributed by atoms with van der Waals surface area (Å²) < 4.78 is 5.61. The number of benzene rings is 1. The quantitative estimate of drug-likeness (QED) is 0.847. The molecule has 0 radical (unpaired) electrons. The van der Waals surface area contributed by atoms with Gasteiger partial charge in [-0.05, 0) is 30.7 Å². The first-order valence-corrected chi connectivity index (χ1v) is 6.73. The molecule has 0 saturated carbocycles. The second-order valence-corrected chi connectivity index (χ2v) is 5.17. The lowest BCUT2D eigenvalue weighted by molar-refractivity contribution is -0.105. The maximum atomic E-state index is 10.0. The third kappa shape index (κ3) is 3.69. The summed E-state index contributed by atoms with van der Waals surface area (Å²) >= 11 is 0. The summed E-state index contributed by atoms with van der Waals surface area (Å²) in [6, 6.07) is 9.19. The minimum absolute atomic E-state index is 0.469. The van der Waals surface area contributed by atoms with Crippen LogP contribution in [-0.4, -0.2) is 41.8 Å². The van der Waals surface area contributed by atoms with Crippen LogP contribution in [0.4, 0.5) is 0 Å². The van der Waals surface area contributed by atoms with Crippen molar-refractivity contribution in [3.05, 3.63) is 29.8 Å². The number of likely N-dealkylation sites (tertiary alicyclic amines) is 1. The predicted molar refractivity (Wildman–Crippen MR) is 72.9 cm³/mol. The molecule has 1 saturated heterocycles. The van der Waals surface area contributed by atoms with Gasteiger partial charge in [0.15, 0.2) is 0 Å². The van der Waals surface area contributed by atoms with Crippen LogP contribution in [0.2, 0.25) is 0 Å². The monoisotopic (exact) mass is 260 g/mol. The molecule has 0 unspecified atom stereocenters. The average molecular weight is 260 g/mol. The van der Waals surface area contributed by atoms with E-state index in [2.05, 4.69) is 17.9 Å². The fourth-order valence-corrected chi connectivity index (χ4v) is 2.49. The molecular formula is C15H20N2O2. The van der Waals surface area contributed by atoms with Crippen LogP contribution in [0.25, 0.3) is 0 Å². The second-order valence-electron chi connectivity index (χ2n) is 5.17. The lowest BCUT2D eigenvalue weighted by atomic mass is 9.89. The summed E-state index contributed by atoms with van der Waals surface area (Å²) in [4.78, 5) is 2.19. The highest BCUT2D eigenvalue weighted by molar-refractivity contribution is 5.34. The molecule has 2 rings (SSSR count). The van der Waals surface area contributed by atoms with Gasteiger partial charge in [0.1, 0.15) is 12.4 Å². The zero-order chi connectivity index (χ0) is 13.7. The Balaban J connectivity index is 1.66. The molecule has 0 amide bonds. The molecule has 4 heteroatoms. The molecule has 1 aliphatic rings. The Morgan fingerprint density at radius 1 is 1.37 bits per heavy atom. The van der Waals surface area contributed by atoms with Gasteiger partial charge in [-0.2, -0.15) is 5.26 Å². The van der Waals surface area contributed by atoms with Crippen molar-refractivity contribution in [1.29, 1.82) is 5.26 Å². The largest absolute Gasteiger partial charge is 0.492 e. The van der Waals surface area contributed by atoms with Crippen LogP contribution in [0.15, 0.2) is 24.3 Å². The predicted octanol–water partition coefficient (Wildman–Crippen LogP) is 1.78. The zero-order valence-corrected chi connectivity index (χ0v) is 11.3. The van der Waals surface area contributed by atoms with Crippen molar-refractivity contribution in [3.63, 3.8) is 0 Å². The normalized spacial score (nSPS) is 17.5. The van der Waals surface area contributed by atoms with Crippen LogP contribution in [0.1, 0.15) is 25.3 Å². The van der Waals surface area contributed by atoms with Crippen molar-refractivity contribution in [2.24, 2.45) is 0 Å². The smallest absolute Gasteiger partial charge is 0.119 e. The summed E-state index contributed by atoms with van der Waals surface area (Å²) in [5.41, 5.74) is 0.170. The molecule has 1 heterocycles. The lowest BCUT2D eigenvalue weighted by Crippen LogP contribution is -2.62. The fourth-order valence-electron chi connectivity index (χ4n) is 2.49. The molecular weight excluding hydrogens is 240 g/mol. The van der Waals surface area contributed by atoms with E-state index >= 15 is 0 Å². The van der Waals surface area contributed by atoms with Gasteiger partial charge < -0.3 is 9.84 Å². The Bertz CT molecular complexity index is 444. The summed E-state index contributed by atoms with van der Waals surface area (Å²) in [7, 11) is 0. The summed E-state index contributed by atoms with van der Waals surface area (Å²) in [6.45, 7) is 5.02. The number of nitriles is 1. The maximum absolute atomic E-state index is 10.0. The van der Waals surface area contributed by atoms with Gasteiger partial charge in [0, 0.05) is 19.6 Å². The van der Waals surface area contributed by atoms with Crippen LogP contribution < -0.4 is 4.74 Å². The van der Waals surface area contributed by atoms with E-state index < -0.39 is 5.60 Å². The molecule has 4 nitrogen and oxygen atoms in total. The third-order valence-electron chi connectivity index (χ3n) is 3.41. The van der Waals surface area contributed by atoms with Gasteiger partial charge in [0.25, 0.3) is 0 Å².